The lowest BCUT2D eigenvalue weighted by molar-refractivity contribution is 1.40. The van der Waals surface area contributed by atoms with Crippen molar-refractivity contribution in [2.75, 3.05) is 0 Å². The van der Waals surface area contributed by atoms with Crippen LogP contribution in [0.5, 0.6) is 0 Å². The van der Waals surface area contributed by atoms with E-state index in [9.17, 15) is 0 Å². The molecule has 0 radical (unpaired) electrons. The van der Waals surface area contributed by atoms with Crippen molar-refractivity contribution in [2.45, 2.75) is 0 Å². The summed E-state index contributed by atoms with van der Waals surface area (Å²) in [5.74, 6) is 0. The van der Waals surface area contributed by atoms with Gasteiger partial charge in [0.25, 0.3) is 0 Å². The van der Waals surface area contributed by atoms with Gasteiger partial charge in [0, 0.05) is 27.9 Å². The van der Waals surface area contributed by atoms with E-state index in [1.807, 2.05) is 12.3 Å². The number of nitrogens with zero attached hydrogens (tertiary/aromatic N) is 2. The van der Waals surface area contributed by atoms with Crippen LogP contribution in [0.15, 0.2) is 194 Å². The molecular weight excluding hydrogens is 677 g/mol. The summed E-state index contributed by atoms with van der Waals surface area (Å²) < 4.78 is 0. The Hall–Kier alpha value is -7.42. The maximum absolute atomic E-state index is 5.17. The van der Waals surface area contributed by atoms with Crippen LogP contribution in [0.25, 0.3) is 120 Å². The monoisotopic (exact) mass is 708 g/mol. The lowest BCUT2D eigenvalue weighted by Gasteiger charge is -2.16. The van der Waals surface area contributed by atoms with Crippen LogP contribution in [0.4, 0.5) is 0 Å². The van der Waals surface area contributed by atoms with Gasteiger partial charge in [0.1, 0.15) is 0 Å². The molecule has 10 aromatic carbocycles. The van der Waals surface area contributed by atoms with Crippen LogP contribution in [-0.2, 0) is 0 Å². The summed E-state index contributed by atoms with van der Waals surface area (Å²) in [5, 5.41) is 15.9. The van der Waals surface area contributed by atoms with E-state index in [-0.39, 0.29) is 0 Å². The molecular formula is C54H32N2. The first-order valence-electron chi connectivity index (χ1n) is 19.2. The molecule has 0 atom stereocenters. The number of hydrogen-bond acceptors (Lipinski definition) is 2. The fourth-order valence-corrected chi connectivity index (χ4v) is 9.23. The first-order chi connectivity index (χ1) is 27.8. The number of hydrogen-bond donors (Lipinski definition) is 0. The molecule has 0 fully saturated rings. The number of aromatic nitrogens is 2. The largest absolute Gasteiger partial charge is 0.254 e. The summed E-state index contributed by atoms with van der Waals surface area (Å²) in [6.45, 7) is 0. The van der Waals surface area contributed by atoms with Crippen LogP contribution in [-0.4, -0.2) is 9.97 Å². The van der Waals surface area contributed by atoms with Gasteiger partial charge in [-0.2, -0.15) is 0 Å². The zero-order valence-electron chi connectivity index (χ0n) is 30.4. The van der Waals surface area contributed by atoms with Crippen molar-refractivity contribution >= 4 is 86.6 Å². The van der Waals surface area contributed by atoms with Crippen LogP contribution >= 0.6 is 0 Å². The van der Waals surface area contributed by atoms with Gasteiger partial charge in [-0.15, -0.1) is 0 Å². The third kappa shape index (κ3) is 4.63. The molecule has 0 aliphatic rings. The van der Waals surface area contributed by atoms with Gasteiger partial charge in [0.05, 0.1) is 16.6 Å². The normalized spacial score (nSPS) is 11.9. The average Bonchev–Trinajstić information content (AvgIpc) is 3.27. The molecule has 258 valence electrons. The van der Waals surface area contributed by atoms with Crippen molar-refractivity contribution in [1.82, 2.24) is 9.97 Å². The number of rotatable bonds is 3. The van der Waals surface area contributed by atoms with Crippen LogP contribution in [0.2, 0.25) is 0 Å². The lowest BCUT2D eigenvalue weighted by Crippen LogP contribution is -1.92. The van der Waals surface area contributed by atoms with Crippen molar-refractivity contribution in [3.8, 4) is 33.4 Å². The summed E-state index contributed by atoms with van der Waals surface area (Å²) >= 11 is 0. The smallest absolute Gasteiger partial charge is 0.0978 e. The molecule has 0 unspecified atom stereocenters. The predicted octanol–water partition coefficient (Wildman–Crippen LogP) is 14.7. The van der Waals surface area contributed by atoms with E-state index in [2.05, 4.69) is 182 Å². The minimum absolute atomic E-state index is 0.932. The topological polar surface area (TPSA) is 25.8 Å². The third-order valence-corrected chi connectivity index (χ3v) is 11.8. The molecule has 0 amide bonds. The molecule has 2 aromatic heterocycles. The van der Waals surface area contributed by atoms with Crippen LogP contribution < -0.4 is 0 Å². The molecule has 0 N–H and O–H groups in total. The molecule has 0 spiro atoms. The fraction of sp³-hybridized carbons (Fsp3) is 0. The van der Waals surface area contributed by atoms with Crippen molar-refractivity contribution in [1.29, 1.82) is 0 Å². The molecule has 2 nitrogen and oxygen atoms in total. The Morgan fingerprint density at radius 3 is 1.71 bits per heavy atom. The second-order valence-electron chi connectivity index (χ2n) is 14.9. The Bertz CT molecular complexity index is 3570. The van der Waals surface area contributed by atoms with Crippen LogP contribution in [0.3, 0.4) is 0 Å². The first kappa shape index (κ1) is 31.0. The fourth-order valence-electron chi connectivity index (χ4n) is 9.23. The van der Waals surface area contributed by atoms with Gasteiger partial charge in [-0.25, -0.2) is 4.98 Å². The maximum Gasteiger partial charge on any atom is 0.0978 e. The molecule has 0 saturated heterocycles. The zero-order chi connectivity index (χ0) is 36.7. The van der Waals surface area contributed by atoms with Crippen molar-refractivity contribution in [3.05, 3.63) is 194 Å². The quantitative estimate of drug-likeness (QED) is 0.135. The van der Waals surface area contributed by atoms with E-state index in [1.165, 1.54) is 87.2 Å². The molecule has 12 rings (SSSR count). The highest BCUT2D eigenvalue weighted by molar-refractivity contribution is 6.27. The predicted molar refractivity (Wildman–Crippen MR) is 238 cm³/mol. The number of benzene rings is 10. The summed E-state index contributed by atoms with van der Waals surface area (Å²) in [6, 6.07) is 68.8. The number of fused-ring (bicyclic) bond motifs is 13. The van der Waals surface area contributed by atoms with Gasteiger partial charge in [0.15, 0.2) is 0 Å². The Balaban J connectivity index is 1.07. The molecule has 0 saturated carbocycles. The van der Waals surface area contributed by atoms with Gasteiger partial charge in [-0.3, -0.25) is 4.98 Å². The third-order valence-electron chi connectivity index (χ3n) is 11.8. The summed E-state index contributed by atoms with van der Waals surface area (Å²) in [4.78, 5) is 9.95. The molecule has 2 heteroatoms. The molecule has 12 aromatic rings. The van der Waals surface area contributed by atoms with E-state index < -0.39 is 0 Å². The lowest BCUT2D eigenvalue weighted by atomic mass is 9.88. The van der Waals surface area contributed by atoms with E-state index in [0.717, 1.165) is 32.7 Å². The number of pyridine rings is 2. The summed E-state index contributed by atoms with van der Waals surface area (Å²) in [7, 11) is 0. The molecule has 56 heavy (non-hydrogen) atoms. The van der Waals surface area contributed by atoms with Gasteiger partial charge in [-0.1, -0.05) is 158 Å². The molecule has 0 aliphatic carbocycles. The zero-order valence-corrected chi connectivity index (χ0v) is 30.4. The Morgan fingerprint density at radius 1 is 0.286 bits per heavy atom. The van der Waals surface area contributed by atoms with Gasteiger partial charge >= 0.3 is 0 Å². The van der Waals surface area contributed by atoms with Crippen molar-refractivity contribution < 1.29 is 0 Å². The first-order valence-corrected chi connectivity index (χ1v) is 19.2. The second-order valence-corrected chi connectivity index (χ2v) is 14.9. The average molecular weight is 709 g/mol. The molecule has 0 bridgehead atoms. The van der Waals surface area contributed by atoms with E-state index in [4.69, 9.17) is 9.97 Å². The Kier molecular flexibility index (Phi) is 6.66. The maximum atomic E-state index is 5.17. The Morgan fingerprint density at radius 2 is 0.875 bits per heavy atom. The highest BCUT2D eigenvalue weighted by atomic mass is 14.7. The van der Waals surface area contributed by atoms with Gasteiger partial charge in [0.2, 0.25) is 0 Å². The highest BCUT2D eigenvalue weighted by Crippen LogP contribution is 2.43. The molecule has 0 aliphatic heterocycles. The van der Waals surface area contributed by atoms with E-state index >= 15 is 0 Å². The van der Waals surface area contributed by atoms with Crippen molar-refractivity contribution in [2.24, 2.45) is 0 Å². The van der Waals surface area contributed by atoms with Crippen LogP contribution in [0, 0.1) is 0 Å². The second kappa shape index (κ2) is 12.0. The summed E-state index contributed by atoms with van der Waals surface area (Å²) in [6.07, 6.45) is 1.86. The standard InChI is InChI=1S/C54H32N2/c1-2-10-33(11-3-1)36-20-19-34-21-25-43-39(16-8-17-40(43)48(34)30-36)37-23-26-44-45-27-24-38(32-50(45)42-14-5-4-13-41(42)49(44)31-37)52-46-15-6-7-18-51(46)56-54-47(52)28-22-35-12-9-29-55-53(35)54/h1-32H. The van der Waals surface area contributed by atoms with E-state index in [1.54, 1.807) is 0 Å². The van der Waals surface area contributed by atoms with Crippen LogP contribution in [0.1, 0.15) is 0 Å². The van der Waals surface area contributed by atoms with E-state index in [0.29, 0.717) is 0 Å². The summed E-state index contributed by atoms with van der Waals surface area (Å²) in [5.41, 5.74) is 10.1. The SMILES string of the molecule is c1ccc(-c2ccc3ccc4c(-c5ccc6c7ccc(-c8c9ccccc9nc9c8ccc8cccnc89)cc7c7ccccc7c6c5)cccc4c3c2)cc1. The Labute approximate surface area is 322 Å². The van der Waals surface area contributed by atoms with Crippen molar-refractivity contribution in [3.63, 3.8) is 0 Å². The highest BCUT2D eigenvalue weighted by Gasteiger charge is 2.17. The number of para-hydroxylation sites is 1. The minimum Gasteiger partial charge on any atom is -0.254 e. The molecule has 2 heterocycles. The minimum atomic E-state index is 0.932. The van der Waals surface area contributed by atoms with Gasteiger partial charge in [-0.05, 0) is 112 Å². The van der Waals surface area contributed by atoms with Gasteiger partial charge < -0.3 is 0 Å².